The number of nitrogens with zero attached hydrogens (tertiary/aromatic N) is 1. The zero-order valence-corrected chi connectivity index (χ0v) is 15.7. The molecule has 3 nitrogen and oxygen atoms in total. The van der Waals surface area contributed by atoms with Crippen molar-refractivity contribution in [3.8, 4) is 5.75 Å². The molecule has 0 N–H and O–H groups in total. The highest BCUT2D eigenvalue weighted by atomic mass is 19.4. The Morgan fingerprint density at radius 2 is 1.88 bits per heavy atom. The third-order valence-corrected chi connectivity index (χ3v) is 5.59. The molecule has 1 aliphatic rings. The monoisotopic (exact) mass is 371 g/mol. The van der Waals surface area contributed by atoms with Crippen molar-refractivity contribution in [2.75, 3.05) is 18.5 Å². The van der Waals surface area contributed by atoms with E-state index >= 15 is 0 Å². The third kappa shape index (κ3) is 5.64. The summed E-state index contributed by atoms with van der Waals surface area (Å²) >= 11 is 0. The van der Waals surface area contributed by atoms with Crippen molar-refractivity contribution in [3.05, 3.63) is 24.3 Å². The molecule has 2 rings (SSSR count). The maximum Gasteiger partial charge on any atom is 0.573 e. The summed E-state index contributed by atoms with van der Waals surface area (Å²) in [5.41, 5.74) is 0.383. The lowest BCUT2D eigenvalue weighted by Crippen LogP contribution is -2.37. The number of carbonyl (C=O) groups is 1. The van der Waals surface area contributed by atoms with E-state index in [2.05, 4.69) is 18.6 Å². The van der Waals surface area contributed by atoms with E-state index in [1.165, 1.54) is 30.7 Å². The standard InChI is InChI=1S/C20H28F3NO2/c1-4-15-6-5-12-19(2,13-11-15)18(25)14-24(3)16-7-9-17(10-8-16)26-20(21,22)23/h7-10,15H,4-6,11-14H2,1-3H3. The number of rotatable bonds is 6. The van der Waals surface area contributed by atoms with Crippen LogP contribution >= 0.6 is 0 Å². The molecule has 6 heteroatoms. The van der Waals surface area contributed by atoms with Gasteiger partial charge in [-0.05, 0) is 49.4 Å². The van der Waals surface area contributed by atoms with Gasteiger partial charge < -0.3 is 9.64 Å². The first kappa shape index (κ1) is 20.6. The number of benzene rings is 1. The molecule has 0 aromatic heterocycles. The summed E-state index contributed by atoms with van der Waals surface area (Å²) in [5.74, 6) is 0.651. The largest absolute Gasteiger partial charge is 0.573 e. The molecule has 1 aliphatic carbocycles. The summed E-state index contributed by atoms with van der Waals surface area (Å²) in [4.78, 5) is 14.7. The van der Waals surface area contributed by atoms with Crippen LogP contribution in [0.3, 0.4) is 0 Å². The van der Waals surface area contributed by atoms with Crippen LogP contribution < -0.4 is 9.64 Å². The van der Waals surface area contributed by atoms with E-state index < -0.39 is 6.36 Å². The number of ether oxygens (including phenoxy) is 1. The van der Waals surface area contributed by atoms with Crippen LogP contribution in [-0.4, -0.2) is 25.7 Å². The van der Waals surface area contributed by atoms with Crippen molar-refractivity contribution in [1.29, 1.82) is 0 Å². The minimum Gasteiger partial charge on any atom is -0.406 e. The zero-order chi connectivity index (χ0) is 19.4. The van der Waals surface area contributed by atoms with Crippen molar-refractivity contribution in [2.24, 2.45) is 11.3 Å². The minimum atomic E-state index is -4.70. The van der Waals surface area contributed by atoms with Crippen LogP contribution in [-0.2, 0) is 4.79 Å². The summed E-state index contributed by atoms with van der Waals surface area (Å²) in [6.45, 7) is 4.52. The Morgan fingerprint density at radius 1 is 1.23 bits per heavy atom. The maximum atomic E-state index is 12.9. The third-order valence-electron chi connectivity index (χ3n) is 5.59. The lowest BCUT2D eigenvalue weighted by molar-refractivity contribution is -0.274. The number of hydrogen-bond donors (Lipinski definition) is 0. The van der Waals surface area contributed by atoms with Gasteiger partial charge in [0.05, 0.1) is 6.54 Å². The van der Waals surface area contributed by atoms with Gasteiger partial charge in [0, 0.05) is 18.2 Å². The molecule has 26 heavy (non-hydrogen) atoms. The number of anilines is 1. The van der Waals surface area contributed by atoms with E-state index in [0.29, 0.717) is 11.6 Å². The molecule has 1 saturated carbocycles. The molecule has 146 valence electrons. The Kier molecular flexibility index (Phi) is 6.58. The second kappa shape index (κ2) is 8.31. The molecule has 0 heterocycles. The van der Waals surface area contributed by atoms with Gasteiger partial charge in [0.2, 0.25) is 0 Å². The first-order valence-corrected chi connectivity index (χ1v) is 9.23. The molecule has 0 aliphatic heterocycles. The highest BCUT2D eigenvalue weighted by Crippen LogP contribution is 2.39. The number of likely N-dealkylation sites (N-methyl/N-ethyl adjacent to an activating group) is 1. The van der Waals surface area contributed by atoms with E-state index in [4.69, 9.17) is 0 Å². The average molecular weight is 371 g/mol. The van der Waals surface area contributed by atoms with Crippen LogP contribution in [0.4, 0.5) is 18.9 Å². The molecule has 2 atom stereocenters. The van der Waals surface area contributed by atoms with Crippen molar-refractivity contribution in [2.45, 2.75) is 58.7 Å². The van der Waals surface area contributed by atoms with Gasteiger partial charge >= 0.3 is 6.36 Å². The summed E-state index contributed by atoms with van der Waals surface area (Å²) in [6.07, 6.45) is 1.64. The quantitative estimate of drug-likeness (QED) is 0.611. The van der Waals surface area contributed by atoms with Gasteiger partial charge in [-0.1, -0.05) is 33.1 Å². The summed E-state index contributed by atoms with van der Waals surface area (Å²) in [6, 6.07) is 5.61. The molecular formula is C20H28F3NO2. The van der Waals surface area contributed by atoms with Crippen LogP contribution in [0.15, 0.2) is 24.3 Å². The number of carbonyl (C=O) groups excluding carboxylic acids is 1. The van der Waals surface area contributed by atoms with E-state index in [9.17, 15) is 18.0 Å². The highest BCUT2D eigenvalue weighted by Gasteiger charge is 2.35. The number of hydrogen-bond acceptors (Lipinski definition) is 3. The highest BCUT2D eigenvalue weighted by molar-refractivity contribution is 5.88. The van der Waals surface area contributed by atoms with Crippen LogP contribution in [0, 0.1) is 11.3 Å². The lowest BCUT2D eigenvalue weighted by atomic mass is 9.78. The zero-order valence-electron chi connectivity index (χ0n) is 15.7. The Hall–Kier alpha value is -1.72. The number of alkyl halides is 3. The van der Waals surface area contributed by atoms with E-state index in [1.54, 1.807) is 11.9 Å². The Balaban J connectivity index is 1.97. The van der Waals surface area contributed by atoms with Crippen LogP contribution in [0.1, 0.15) is 52.4 Å². The van der Waals surface area contributed by atoms with Gasteiger partial charge in [-0.15, -0.1) is 13.2 Å². The summed E-state index contributed by atoms with van der Waals surface area (Å²) in [5, 5.41) is 0. The first-order valence-electron chi connectivity index (χ1n) is 9.23. The first-order chi connectivity index (χ1) is 12.1. The number of halogens is 3. The second-order valence-electron chi connectivity index (χ2n) is 7.59. The van der Waals surface area contributed by atoms with Crippen LogP contribution in [0.2, 0.25) is 0 Å². The molecule has 0 amide bonds. The minimum absolute atomic E-state index is 0.201. The number of Topliss-reactive ketones (excluding diaryl/α,β-unsaturated/α-hetero) is 1. The molecule has 0 bridgehead atoms. The van der Waals surface area contributed by atoms with Gasteiger partial charge in [0.1, 0.15) is 5.75 Å². The topological polar surface area (TPSA) is 29.5 Å². The molecule has 1 fully saturated rings. The fourth-order valence-electron chi connectivity index (χ4n) is 3.66. The molecule has 0 saturated heterocycles. The van der Waals surface area contributed by atoms with E-state index in [1.807, 2.05) is 0 Å². The summed E-state index contributed by atoms with van der Waals surface area (Å²) < 4.78 is 40.6. The van der Waals surface area contributed by atoms with Gasteiger partial charge in [-0.25, -0.2) is 0 Å². The van der Waals surface area contributed by atoms with Crippen molar-refractivity contribution in [3.63, 3.8) is 0 Å². The molecule has 0 spiro atoms. The molecular weight excluding hydrogens is 343 g/mol. The molecule has 1 aromatic carbocycles. The normalized spacial score (nSPS) is 24.0. The van der Waals surface area contributed by atoms with Gasteiger partial charge in [-0.3, -0.25) is 4.79 Å². The van der Waals surface area contributed by atoms with Gasteiger partial charge in [0.15, 0.2) is 5.78 Å². The smallest absolute Gasteiger partial charge is 0.406 e. The van der Waals surface area contributed by atoms with Crippen molar-refractivity contribution >= 4 is 11.5 Å². The number of ketones is 1. The van der Waals surface area contributed by atoms with Crippen LogP contribution in [0.5, 0.6) is 5.75 Å². The van der Waals surface area contributed by atoms with Gasteiger partial charge in [-0.2, -0.15) is 0 Å². The molecule has 2 unspecified atom stereocenters. The molecule has 1 aromatic rings. The summed E-state index contributed by atoms with van der Waals surface area (Å²) in [7, 11) is 1.78. The maximum absolute atomic E-state index is 12.9. The van der Waals surface area contributed by atoms with Gasteiger partial charge in [0.25, 0.3) is 0 Å². The van der Waals surface area contributed by atoms with Crippen molar-refractivity contribution in [1.82, 2.24) is 0 Å². The average Bonchev–Trinajstić information content (AvgIpc) is 2.76. The predicted molar refractivity (Wildman–Crippen MR) is 96.4 cm³/mol. The Bertz CT molecular complexity index is 600. The fraction of sp³-hybridized carbons (Fsp3) is 0.650. The Labute approximate surface area is 153 Å². The fourth-order valence-corrected chi connectivity index (χ4v) is 3.66. The Morgan fingerprint density at radius 3 is 2.46 bits per heavy atom. The van der Waals surface area contributed by atoms with E-state index in [-0.39, 0.29) is 23.5 Å². The van der Waals surface area contributed by atoms with E-state index in [0.717, 1.165) is 32.1 Å². The second-order valence-corrected chi connectivity index (χ2v) is 7.59. The van der Waals surface area contributed by atoms with Crippen molar-refractivity contribution < 1.29 is 22.7 Å². The SMILES string of the molecule is CCC1CCCC(C)(C(=O)CN(C)c2ccc(OC(F)(F)F)cc2)CC1. The predicted octanol–water partition coefficient (Wildman–Crippen LogP) is 5.59. The lowest BCUT2D eigenvalue weighted by Gasteiger charge is -2.30. The van der Waals surface area contributed by atoms with Crippen LogP contribution in [0.25, 0.3) is 0 Å². The molecule has 0 radical (unpaired) electrons.